The molecule has 0 aliphatic heterocycles. The summed E-state index contributed by atoms with van der Waals surface area (Å²) in [6, 6.07) is 4.04. The Hall–Kier alpha value is -0.570. The third-order valence-electron chi connectivity index (χ3n) is 5.34. The predicted octanol–water partition coefficient (Wildman–Crippen LogP) is 5.81. The van der Waals surface area contributed by atoms with Crippen LogP contribution in [-0.2, 0) is 0 Å². The maximum atomic E-state index is 13.5. The van der Waals surface area contributed by atoms with Crippen LogP contribution in [0.3, 0.4) is 0 Å². The quantitative estimate of drug-likeness (QED) is 0.716. The summed E-state index contributed by atoms with van der Waals surface area (Å²) in [7, 11) is 0. The van der Waals surface area contributed by atoms with Gasteiger partial charge in [0.25, 0.3) is 0 Å². The molecule has 3 heteroatoms. The monoisotopic (exact) mass is 339 g/mol. The molecule has 2 fully saturated rings. The SMILES string of the molecule is Cc1cc(F)c(Br)cc1NC1CCC2(CCCC2)CC1. The minimum atomic E-state index is -0.179. The zero-order valence-electron chi connectivity index (χ0n) is 12.1. The number of halogens is 2. The highest BCUT2D eigenvalue weighted by Crippen LogP contribution is 2.49. The van der Waals surface area contributed by atoms with Crippen molar-refractivity contribution in [1.82, 2.24) is 0 Å². The Morgan fingerprint density at radius 2 is 1.80 bits per heavy atom. The van der Waals surface area contributed by atoms with Crippen molar-refractivity contribution in [2.24, 2.45) is 5.41 Å². The summed E-state index contributed by atoms with van der Waals surface area (Å²) in [5.41, 5.74) is 2.74. The van der Waals surface area contributed by atoms with Crippen LogP contribution < -0.4 is 5.32 Å². The van der Waals surface area contributed by atoms with Crippen molar-refractivity contribution >= 4 is 21.6 Å². The number of hydrogen-bond acceptors (Lipinski definition) is 1. The van der Waals surface area contributed by atoms with Gasteiger partial charge in [0, 0.05) is 11.7 Å². The third-order valence-corrected chi connectivity index (χ3v) is 5.95. The summed E-state index contributed by atoms with van der Waals surface area (Å²) >= 11 is 3.28. The molecule has 0 amide bonds. The summed E-state index contributed by atoms with van der Waals surface area (Å²) < 4.78 is 14.0. The Morgan fingerprint density at radius 1 is 1.15 bits per heavy atom. The van der Waals surface area contributed by atoms with Crippen LogP contribution in [0, 0.1) is 18.2 Å². The molecule has 2 saturated carbocycles. The van der Waals surface area contributed by atoms with Crippen LogP contribution >= 0.6 is 15.9 Å². The van der Waals surface area contributed by atoms with E-state index in [4.69, 9.17) is 0 Å². The van der Waals surface area contributed by atoms with Crippen LogP contribution in [0.25, 0.3) is 0 Å². The lowest BCUT2D eigenvalue weighted by Crippen LogP contribution is -2.31. The molecule has 0 heterocycles. The van der Waals surface area contributed by atoms with Gasteiger partial charge < -0.3 is 5.32 Å². The van der Waals surface area contributed by atoms with Crippen molar-refractivity contribution in [1.29, 1.82) is 0 Å². The average molecular weight is 340 g/mol. The molecule has 20 heavy (non-hydrogen) atoms. The molecule has 2 aliphatic carbocycles. The maximum absolute atomic E-state index is 13.5. The molecule has 0 bridgehead atoms. The molecular weight excluding hydrogens is 317 g/mol. The van der Waals surface area contributed by atoms with Crippen LogP contribution in [0.15, 0.2) is 16.6 Å². The van der Waals surface area contributed by atoms with Gasteiger partial charge in [-0.15, -0.1) is 0 Å². The van der Waals surface area contributed by atoms with Gasteiger partial charge in [-0.1, -0.05) is 12.8 Å². The van der Waals surface area contributed by atoms with Crippen molar-refractivity contribution in [3.05, 3.63) is 28.0 Å². The van der Waals surface area contributed by atoms with E-state index >= 15 is 0 Å². The molecule has 0 saturated heterocycles. The first-order chi connectivity index (χ1) is 9.58. The van der Waals surface area contributed by atoms with Crippen LogP contribution in [0.4, 0.5) is 10.1 Å². The molecule has 1 spiro atoms. The molecule has 2 aliphatic rings. The highest BCUT2D eigenvalue weighted by molar-refractivity contribution is 9.10. The Balaban J connectivity index is 1.63. The van der Waals surface area contributed by atoms with E-state index in [9.17, 15) is 4.39 Å². The standard InChI is InChI=1S/C17H23BrFN/c1-12-10-15(19)14(18)11-16(12)20-13-4-8-17(9-5-13)6-2-3-7-17/h10-11,13,20H,2-9H2,1H3. The Bertz CT molecular complexity index is 484. The first kappa shape index (κ1) is 14.4. The minimum Gasteiger partial charge on any atom is -0.382 e. The Morgan fingerprint density at radius 3 is 2.45 bits per heavy atom. The van der Waals surface area contributed by atoms with E-state index in [1.807, 2.05) is 13.0 Å². The third kappa shape index (κ3) is 2.88. The second-order valence-corrected chi connectivity index (χ2v) is 7.56. The van der Waals surface area contributed by atoms with Gasteiger partial charge in [0.05, 0.1) is 4.47 Å². The van der Waals surface area contributed by atoms with Gasteiger partial charge in [-0.25, -0.2) is 4.39 Å². The van der Waals surface area contributed by atoms with Gasteiger partial charge in [0.2, 0.25) is 0 Å². The summed E-state index contributed by atoms with van der Waals surface area (Å²) in [4.78, 5) is 0. The van der Waals surface area contributed by atoms with Gasteiger partial charge >= 0.3 is 0 Å². The van der Waals surface area contributed by atoms with E-state index in [1.54, 1.807) is 6.07 Å². The normalized spacial score (nSPS) is 22.4. The van der Waals surface area contributed by atoms with Gasteiger partial charge in [0.15, 0.2) is 0 Å². The number of rotatable bonds is 2. The van der Waals surface area contributed by atoms with E-state index < -0.39 is 0 Å². The second-order valence-electron chi connectivity index (χ2n) is 6.71. The Labute approximate surface area is 129 Å². The van der Waals surface area contributed by atoms with E-state index in [0.717, 1.165) is 11.3 Å². The molecule has 0 aromatic heterocycles. The van der Waals surface area contributed by atoms with Gasteiger partial charge in [-0.2, -0.15) is 0 Å². The maximum Gasteiger partial charge on any atom is 0.137 e. The largest absolute Gasteiger partial charge is 0.382 e. The fourth-order valence-corrected chi connectivity index (χ4v) is 4.36. The van der Waals surface area contributed by atoms with E-state index in [2.05, 4.69) is 21.2 Å². The lowest BCUT2D eigenvalue weighted by molar-refractivity contribution is 0.188. The zero-order chi connectivity index (χ0) is 14.2. The summed E-state index contributed by atoms with van der Waals surface area (Å²) in [5, 5.41) is 3.63. The molecule has 1 aromatic carbocycles. The van der Waals surface area contributed by atoms with Crippen LogP contribution in [0.5, 0.6) is 0 Å². The van der Waals surface area contributed by atoms with Gasteiger partial charge in [-0.05, 0) is 84.5 Å². The lowest BCUT2D eigenvalue weighted by atomic mass is 9.71. The van der Waals surface area contributed by atoms with E-state index in [1.165, 1.54) is 51.4 Å². The molecule has 0 unspecified atom stereocenters. The molecule has 1 aromatic rings. The van der Waals surface area contributed by atoms with Crippen molar-refractivity contribution < 1.29 is 4.39 Å². The highest BCUT2D eigenvalue weighted by atomic mass is 79.9. The minimum absolute atomic E-state index is 0.179. The van der Waals surface area contributed by atoms with Crippen molar-refractivity contribution in [3.63, 3.8) is 0 Å². The van der Waals surface area contributed by atoms with Crippen LogP contribution in [-0.4, -0.2) is 6.04 Å². The average Bonchev–Trinajstić information content (AvgIpc) is 2.87. The van der Waals surface area contributed by atoms with Crippen LogP contribution in [0.2, 0.25) is 0 Å². The van der Waals surface area contributed by atoms with Crippen molar-refractivity contribution in [2.75, 3.05) is 5.32 Å². The van der Waals surface area contributed by atoms with Crippen molar-refractivity contribution in [2.45, 2.75) is 64.3 Å². The first-order valence-corrected chi connectivity index (χ1v) is 8.60. The summed E-state index contributed by atoms with van der Waals surface area (Å²) in [6.45, 7) is 1.97. The molecule has 0 radical (unpaired) electrons. The van der Waals surface area contributed by atoms with Gasteiger partial charge in [0.1, 0.15) is 5.82 Å². The molecule has 1 nitrogen and oxygen atoms in total. The number of aryl methyl sites for hydroxylation is 1. The summed E-state index contributed by atoms with van der Waals surface area (Å²) in [5.74, 6) is -0.179. The fraction of sp³-hybridized carbons (Fsp3) is 0.647. The highest BCUT2D eigenvalue weighted by Gasteiger charge is 2.37. The molecule has 3 rings (SSSR count). The topological polar surface area (TPSA) is 12.0 Å². The number of benzene rings is 1. The number of hydrogen-bond donors (Lipinski definition) is 1. The molecule has 0 atom stereocenters. The fourth-order valence-electron chi connectivity index (χ4n) is 4.02. The van der Waals surface area contributed by atoms with E-state index in [-0.39, 0.29) is 5.82 Å². The van der Waals surface area contributed by atoms with Crippen LogP contribution in [0.1, 0.15) is 56.9 Å². The number of nitrogens with one attached hydrogen (secondary N) is 1. The predicted molar refractivity (Wildman–Crippen MR) is 85.6 cm³/mol. The zero-order valence-corrected chi connectivity index (χ0v) is 13.7. The lowest BCUT2D eigenvalue weighted by Gasteiger charge is -2.38. The van der Waals surface area contributed by atoms with E-state index in [0.29, 0.717) is 15.9 Å². The number of anilines is 1. The smallest absolute Gasteiger partial charge is 0.137 e. The Kier molecular flexibility index (Phi) is 4.07. The van der Waals surface area contributed by atoms with Crippen molar-refractivity contribution in [3.8, 4) is 0 Å². The second kappa shape index (κ2) is 5.67. The summed E-state index contributed by atoms with van der Waals surface area (Å²) in [6.07, 6.45) is 11.0. The molecule has 110 valence electrons. The molecular formula is C17H23BrFN. The first-order valence-electron chi connectivity index (χ1n) is 7.80. The van der Waals surface area contributed by atoms with Gasteiger partial charge in [-0.3, -0.25) is 0 Å². The molecule has 1 N–H and O–H groups in total.